The summed E-state index contributed by atoms with van der Waals surface area (Å²) in [4.78, 5) is 14.2. The Kier molecular flexibility index (Phi) is 7.09. The fourth-order valence-electron chi connectivity index (χ4n) is 2.98. The van der Waals surface area contributed by atoms with Gasteiger partial charge in [0.2, 0.25) is 5.91 Å². The molecule has 3 aromatic rings. The second-order valence-electron chi connectivity index (χ2n) is 6.46. The smallest absolute Gasteiger partial charge is 0.233 e. The second-order valence-corrected chi connectivity index (χ2v) is 7.40. The predicted molar refractivity (Wildman–Crippen MR) is 111 cm³/mol. The Bertz CT molecular complexity index is 991. The average Bonchev–Trinajstić information content (AvgIpc) is 3.38. The summed E-state index contributed by atoms with van der Waals surface area (Å²) in [5.41, 5.74) is 2.09. The van der Waals surface area contributed by atoms with Crippen LogP contribution in [-0.2, 0) is 11.3 Å². The first-order valence-corrected chi connectivity index (χ1v) is 10.4. The van der Waals surface area contributed by atoms with Crippen molar-refractivity contribution in [3.63, 3.8) is 0 Å². The van der Waals surface area contributed by atoms with Crippen LogP contribution in [0.4, 0.5) is 0 Å². The first kappa shape index (κ1) is 20.7. The third-order valence-corrected chi connectivity index (χ3v) is 5.50. The molecule has 7 nitrogen and oxygen atoms in total. The number of benzene rings is 1. The molecule has 29 heavy (non-hydrogen) atoms. The van der Waals surface area contributed by atoms with E-state index >= 15 is 0 Å². The van der Waals surface area contributed by atoms with Crippen LogP contribution in [0, 0.1) is 18.3 Å². The van der Waals surface area contributed by atoms with Crippen molar-refractivity contribution in [2.45, 2.75) is 32.0 Å². The van der Waals surface area contributed by atoms with Gasteiger partial charge in [0.05, 0.1) is 31.1 Å². The minimum absolute atomic E-state index is 0.0160. The van der Waals surface area contributed by atoms with E-state index in [1.54, 1.807) is 11.2 Å². The summed E-state index contributed by atoms with van der Waals surface area (Å²) in [6.07, 6.45) is 1.97. The minimum Gasteiger partial charge on any atom is -0.467 e. The minimum atomic E-state index is -0.0160. The molecule has 0 aliphatic heterocycles. The molecule has 0 radical (unpaired) electrons. The van der Waals surface area contributed by atoms with Gasteiger partial charge in [-0.3, -0.25) is 9.36 Å². The largest absolute Gasteiger partial charge is 0.467 e. The van der Waals surface area contributed by atoms with Gasteiger partial charge in [0.1, 0.15) is 5.76 Å². The zero-order chi connectivity index (χ0) is 20.6. The number of aromatic nitrogens is 3. The normalized spacial score (nSPS) is 10.7. The molecule has 0 aliphatic carbocycles. The van der Waals surface area contributed by atoms with Crippen molar-refractivity contribution in [3.8, 4) is 17.5 Å². The number of hydrogen-bond acceptors (Lipinski definition) is 6. The summed E-state index contributed by atoms with van der Waals surface area (Å²) in [6, 6.07) is 13.8. The quantitative estimate of drug-likeness (QED) is 0.500. The highest BCUT2D eigenvalue weighted by molar-refractivity contribution is 7.99. The van der Waals surface area contributed by atoms with E-state index < -0.39 is 0 Å². The molecular formula is C21H23N5O2S. The lowest BCUT2D eigenvalue weighted by Crippen LogP contribution is -2.33. The molecule has 0 unspecified atom stereocenters. The summed E-state index contributed by atoms with van der Waals surface area (Å²) in [5, 5.41) is 18.2. The van der Waals surface area contributed by atoms with E-state index in [1.807, 2.05) is 54.8 Å². The number of nitrogens with zero attached hydrogens (tertiary/aromatic N) is 5. The SMILES string of the molecule is CCN(CCC#N)C(=O)CSc1nnc(-c2ccccc2C)n1Cc1ccco1. The van der Waals surface area contributed by atoms with Crippen molar-refractivity contribution in [2.24, 2.45) is 0 Å². The Morgan fingerprint density at radius 2 is 2.10 bits per heavy atom. The fourth-order valence-corrected chi connectivity index (χ4v) is 3.82. The molecule has 0 bridgehead atoms. The van der Waals surface area contributed by atoms with Crippen LogP contribution in [0.2, 0.25) is 0 Å². The van der Waals surface area contributed by atoms with Crippen LogP contribution in [0.1, 0.15) is 24.7 Å². The van der Waals surface area contributed by atoms with Gasteiger partial charge in [-0.25, -0.2) is 0 Å². The van der Waals surface area contributed by atoms with Crippen molar-refractivity contribution in [1.29, 1.82) is 5.26 Å². The lowest BCUT2D eigenvalue weighted by atomic mass is 10.1. The van der Waals surface area contributed by atoms with E-state index in [4.69, 9.17) is 9.68 Å². The molecule has 2 heterocycles. The van der Waals surface area contributed by atoms with E-state index in [0.29, 0.717) is 31.2 Å². The van der Waals surface area contributed by atoms with Crippen LogP contribution < -0.4 is 0 Å². The first-order valence-electron chi connectivity index (χ1n) is 9.43. The van der Waals surface area contributed by atoms with Crippen LogP contribution in [0.5, 0.6) is 0 Å². The van der Waals surface area contributed by atoms with Crippen LogP contribution >= 0.6 is 11.8 Å². The molecule has 1 aromatic carbocycles. The number of carbonyl (C=O) groups excluding carboxylic acids is 1. The number of furan rings is 1. The zero-order valence-electron chi connectivity index (χ0n) is 16.5. The number of aryl methyl sites for hydroxylation is 1. The van der Waals surface area contributed by atoms with E-state index in [0.717, 1.165) is 22.7 Å². The lowest BCUT2D eigenvalue weighted by molar-refractivity contribution is -0.128. The van der Waals surface area contributed by atoms with E-state index in [-0.39, 0.29) is 11.7 Å². The van der Waals surface area contributed by atoms with Gasteiger partial charge >= 0.3 is 0 Å². The molecule has 0 fully saturated rings. The Morgan fingerprint density at radius 1 is 1.28 bits per heavy atom. The van der Waals surface area contributed by atoms with Gasteiger partial charge in [0, 0.05) is 18.7 Å². The van der Waals surface area contributed by atoms with E-state index in [1.165, 1.54) is 11.8 Å². The standard InChI is InChI=1S/C21H23N5O2S/c1-3-25(12-7-11-22)19(27)15-29-21-24-23-20(18-10-5-4-8-16(18)2)26(21)14-17-9-6-13-28-17/h4-6,8-10,13H,3,7,12,14-15H2,1-2H3. The maximum atomic E-state index is 12.5. The van der Waals surface area contributed by atoms with Gasteiger partial charge in [0.15, 0.2) is 11.0 Å². The average molecular weight is 410 g/mol. The number of carbonyl (C=O) groups is 1. The topological polar surface area (TPSA) is 88.0 Å². The molecule has 8 heteroatoms. The molecule has 1 amide bonds. The fraction of sp³-hybridized carbons (Fsp3) is 0.333. The zero-order valence-corrected chi connectivity index (χ0v) is 17.4. The van der Waals surface area contributed by atoms with Gasteiger partial charge in [-0.15, -0.1) is 10.2 Å². The molecule has 0 atom stereocenters. The number of thioether (sulfide) groups is 1. The van der Waals surface area contributed by atoms with Gasteiger partial charge in [-0.2, -0.15) is 5.26 Å². The summed E-state index contributed by atoms with van der Waals surface area (Å²) in [7, 11) is 0. The maximum Gasteiger partial charge on any atom is 0.233 e. The van der Waals surface area contributed by atoms with Crippen LogP contribution in [0.25, 0.3) is 11.4 Å². The van der Waals surface area contributed by atoms with Crippen molar-refractivity contribution in [3.05, 3.63) is 54.0 Å². The van der Waals surface area contributed by atoms with Gasteiger partial charge in [-0.1, -0.05) is 36.0 Å². The van der Waals surface area contributed by atoms with Crippen LogP contribution in [-0.4, -0.2) is 44.4 Å². The Balaban J connectivity index is 1.84. The Labute approximate surface area is 174 Å². The van der Waals surface area contributed by atoms with Crippen LogP contribution in [0.3, 0.4) is 0 Å². The number of amides is 1. The van der Waals surface area contributed by atoms with Crippen LogP contribution in [0.15, 0.2) is 52.2 Å². The molecule has 0 saturated carbocycles. The van der Waals surface area contributed by atoms with E-state index in [2.05, 4.69) is 16.3 Å². The highest BCUT2D eigenvalue weighted by Crippen LogP contribution is 2.27. The van der Waals surface area contributed by atoms with Gasteiger partial charge in [-0.05, 0) is 31.5 Å². The van der Waals surface area contributed by atoms with Crippen molar-refractivity contribution < 1.29 is 9.21 Å². The number of nitriles is 1. The third kappa shape index (κ3) is 5.06. The maximum absolute atomic E-state index is 12.5. The summed E-state index contributed by atoms with van der Waals surface area (Å²) in [6.45, 7) is 5.45. The monoisotopic (exact) mass is 409 g/mol. The second kappa shape index (κ2) is 9.94. The molecule has 0 saturated heterocycles. The van der Waals surface area contributed by atoms with Crippen molar-refractivity contribution in [2.75, 3.05) is 18.8 Å². The number of rotatable bonds is 9. The van der Waals surface area contributed by atoms with Crippen molar-refractivity contribution in [1.82, 2.24) is 19.7 Å². The lowest BCUT2D eigenvalue weighted by Gasteiger charge is -2.19. The predicted octanol–water partition coefficient (Wildman–Crippen LogP) is 3.75. The number of hydrogen-bond donors (Lipinski definition) is 0. The summed E-state index contributed by atoms with van der Waals surface area (Å²) < 4.78 is 7.49. The molecule has 0 N–H and O–H groups in total. The van der Waals surface area contributed by atoms with Crippen molar-refractivity contribution >= 4 is 17.7 Å². The molecule has 2 aromatic heterocycles. The summed E-state index contributed by atoms with van der Waals surface area (Å²) in [5.74, 6) is 1.75. The molecular weight excluding hydrogens is 386 g/mol. The Morgan fingerprint density at radius 3 is 2.79 bits per heavy atom. The molecule has 3 rings (SSSR count). The molecule has 150 valence electrons. The Hall–Kier alpha value is -3.05. The molecule has 0 aliphatic rings. The highest BCUT2D eigenvalue weighted by atomic mass is 32.2. The van der Waals surface area contributed by atoms with Gasteiger partial charge in [0.25, 0.3) is 0 Å². The van der Waals surface area contributed by atoms with Gasteiger partial charge < -0.3 is 9.32 Å². The molecule has 0 spiro atoms. The highest BCUT2D eigenvalue weighted by Gasteiger charge is 2.19. The summed E-state index contributed by atoms with van der Waals surface area (Å²) >= 11 is 1.35. The first-order chi connectivity index (χ1) is 14.1. The van der Waals surface area contributed by atoms with E-state index in [9.17, 15) is 4.79 Å². The third-order valence-electron chi connectivity index (χ3n) is 4.55.